The van der Waals surface area contributed by atoms with Crippen LogP contribution in [0.4, 0.5) is 4.39 Å². The third-order valence-electron chi connectivity index (χ3n) is 3.55. The van der Waals surface area contributed by atoms with Gasteiger partial charge in [-0.05, 0) is 36.4 Å². The molecular formula is C18H19FN2O3. The normalized spacial score (nSPS) is 11.1. The second-order valence-electron chi connectivity index (χ2n) is 5.20. The highest BCUT2D eigenvalue weighted by atomic mass is 19.1. The van der Waals surface area contributed by atoms with Crippen LogP contribution >= 0.6 is 0 Å². The second kappa shape index (κ2) is 7.90. The van der Waals surface area contributed by atoms with E-state index in [1.54, 1.807) is 23.8 Å². The molecule has 0 aliphatic rings. The van der Waals surface area contributed by atoms with Crippen molar-refractivity contribution in [2.45, 2.75) is 0 Å². The maximum Gasteiger partial charge on any atom is 0.139 e. The molecule has 0 saturated heterocycles. The number of pyridine rings is 1. The molecule has 0 unspecified atom stereocenters. The van der Waals surface area contributed by atoms with Gasteiger partial charge in [0.1, 0.15) is 23.8 Å². The Morgan fingerprint density at radius 1 is 1.00 bits per heavy atom. The molecule has 0 bridgehead atoms. The number of ether oxygens (including phenoxy) is 3. The van der Waals surface area contributed by atoms with Gasteiger partial charge < -0.3 is 14.2 Å². The molecule has 0 fully saturated rings. The van der Waals surface area contributed by atoms with Gasteiger partial charge in [0.05, 0.1) is 31.7 Å². The van der Waals surface area contributed by atoms with Crippen molar-refractivity contribution in [1.82, 2.24) is 9.38 Å². The molecule has 0 aliphatic carbocycles. The summed E-state index contributed by atoms with van der Waals surface area (Å²) in [5.41, 5.74) is 2.48. The minimum atomic E-state index is -0.296. The van der Waals surface area contributed by atoms with Gasteiger partial charge in [-0.2, -0.15) is 0 Å². The first-order chi connectivity index (χ1) is 11.8. The predicted molar refractivity (Wildman–Crippen MR) is 88.8 cm³/mol. The largest absolute Gasteiger partial charge is 0.491 e. The van der Waals surface area contributed by atoms with Crippen molar-refractivity contribution >= 4 is 5.65 Å². The Labute approximate surface area is 139 Å². The van der Waals surface area contributed by atoms with E-state index in [1.807, 2.05) is 24.3 Å². The molecule has 24 heavy (non-hydrogen) atoms. The Morgan fingerprint density at radius 3 is 2.58 bits per heavy atom. The average Bonchev–Trinajstić information content (AvgIpc) is 3.01. The number of fused-ring (bicyclic) bond motifs is 1. The number of hydrogen-bond donors (Lipinski definition) is 0. The molecule has 126 valence electrons. The monoisotopic (exact) mass is 330 g/mol. The number of methoxy groups -OCH3 is 1. The molecule has 0 N–H and O–H groups in total. The molecule has 0 spiro atoms. The quantitative estimate of drug-likeness (QED) is 0.595. The summed E-state index contributed by atoms with van der Waals surface area (Å²) in [5, 5.41) is 0. The Morgan fingerprint density at radius 2 is 1.79 bits per heavy atom. The lowest BCUT2D eigenvalue weighted by molar-refractivity contribution is 0.0544. The van der Waals surface area contributed by atoms with Crippen LogP contribution in [0.15, 0.2) is 48.8 Å². The highest BCUT2D eigenvalue weighted by Crippen LogP contribution is 2.23. The van der Waals surface area contributed by atoms with Crippen molar-refractivity contribution in [2.75, 3.05) is 33.5 Å². The number of benzene rings is 1. The summed E-state index contributed by atoms with van der Waals surface area (Å²) in [5.74, 6) is 0.462. The summed E-state index contributed by atoms with van der Waals surface area (Å²) < 4.78 is 31.0. The lowest BCUT2D eigenvalue weighted by atomic mass is 10.1. The zero-order valence-electron chi connectivity index (χ0n) is 13.4. The molecule has 0 aliphatic heterocycles. The van der Waals surface area contributed by atoms with Gasteiger partial charge in [-0.1, -0.05) is 0 Å². The molecule has 0 atom stereocenters. The van der Waals surface area contributed by atoms with Crippen molar-refractivity contribution in [3.05, 3.63) is 54.6 Å². The van der Waals surface area contributed by atoms with Crippen LogP contribution in [0.2, 0.25) is 0 Å². The van der Waals surface area contributed by atoms with E-state index >= 15 is 0 Å². The first-order valence-corrected chi connectivity index (χ1v) is 7.70. The van der Waals surface area contributed by atoms with Crippen molar-refractivity contribution in [1.29, 1.82) is 0 Å². The van der Waals surface area contributed by atoms with E-state index < -0.39 is 0 Å². The van der Waals surface area contributed by atoms with Crippen molar-refractivity contribution in [2.24, 2.45) is 0 Å². The molecule has 6 heteroatoms. The van der Waals surface area contributed by atoms with Crippen LogP contribution < -0.4 is 4.74 Å². The standard InChI is InChI=1S/C18H19FN2O3/c1-22-8-9-23-10-11-24-16-5-2-14(3-6-16)17-12-20-18-7-4-15(19)13-21(17)18/h2-7,12-13H,8-11H2,1H3. The second-order valence-corrected chi connectivity index (χ2v) is 5.20. The Hall–Kier alpha value is -2.44. The van der Waals surface area contributed by atoms with Crippen LogP contribution in [0.3, 0.4) is 0 Å². The van der Waals surface area contributed by atoms with E-state index in [-0.39, 0.29) is 5.82 Å². The fourth-order valence-corrected chi connectivity index (χ4v) is 2.35. The van der Waals surface area contributed by atoms with Gasteiger partial charge in [0, 0.05) is 18.9 Å². The number of imidazole rings is 1. The van der Waals surface area contributed by atoms with E-state index in [4.69, 9.17) is 14.2 Å². The lowest BCUT2D eigenvalue weighted by Crippen LogP contribution is -2.09. The van der Waals surface area contributed by atoms with Crippen molar-refractivity contribution < 1.29 is 18.6 Å². The minimum absolute atomic E-state index is 0.296. The summed E-state index contributed by atoms with van der Waals surface area (Å²) in [6, 6.07) is 10.7. The van der Waals surface area contributed by atoms with Gasteiger partial charge >= 0.3 is 0 Å². The van der Waals surface area contributed by atoms with Gasteiger partial charge in [-0.15, -0.1) is 0 Å². The maximum atomic E-state index is 13.4. The number of halogens is 1. The number of rotatable bonds is 8. The smallest absolute Gasteiger partial charge is 0.139 e. The third kappa shape index (κ3) is 3.90. The van der Waals surface area contributed by atoms with Gasteiger partial charge in [0.25, 0.3) is 0 Å². The van der Waals surface area contributed by atoms with Crippen LogP contribution in [0.5, 0.6) is 5.75 Å². The Balaban J connectivity index is 1.62. The molecule has 0 radical (unpaired) electrons. The molecule has 2 heterocycles. The molecule has 5 nitrogen and oxygen atoms in total. The van der Waals surface area contributed by atoms with E-state index in [9.17, 15) is 4.39 Å². The van der Waals surface area contributed by atoms with E-state index in [1.165, 1.54) is 12.3 Å². The van der Waals surface area contributed by atoms with Crippen LogP contribution in [-0.4, -0.2) is 42.9 Å². The lowest BCUT2D eigenvalue weighted by Gasteiger charge is -2.08. The summed E-state index contributed by atoms with van der Waals surface area (Å²) in [7, 11) is 1.64. The van der Waals surface area contributed by atoms with Gasteiger partial charge in [-0.25, -0.2) is 9.37 Å². The number of nitrogens with zero attached hydrogens (tertiary/aromatic N) is 2. The first kappa shape index (κ1) is 16.4. The third-order valence-corrected chi connectivity index (χ3v) is 3.55. The first-order valence-electron chi connectivity index (χ1n) is 7.70. The van der Waals surface area contributed by atoms with Crippen molar-refractivity contribution in [3.63, 3.8) is 0 Å². The summed E-state index contributed by atoms with van der Waals surface area (Å²) in [6.45, 7) is 2.12. The summed E-state index contributed by atoms with van der Waals surface area (Å²) >= 11 is 0. The minimum Gasteiger partial charge on any atom is -0.491 e. The predicted octanol–water partition coefficient (Wildman–Crippen LogP) is 3.18. The molecule has 2 aromatic heterocycles. The zero-order valence-corrected chi connectivity index (χ0v) is 13.4. The van der Waals surface area contributed by atoms with E-state index in [0.717, 1.165) is 17.0 Å². The summed E-state index contributed by atoms with van der Waals surface area (Å²) in [6.07, 6.45) is 3.16. The molecule has 3 rings (SSSR count). The van der Waals surface area contributed by atoms with Crippen LogP contribution in [0.25, 0.3) is 16.9 Å². The molecular weight excluding hydrogens is 311 g/mol. The van der Waals surface area contributed by atoms with Crippen molar-refractivity contribution in [3.8, 4) is 17.0 Å². The van der Waals surface area contributed by atoms with Gasteiger partial charge in [-0.3, -0.25) is 4.40 Å². The molecule has 0 amide bonds. The molecule has 1 aromatic carbocycles. The zero-order chi connectivity index (χ0) is 16.8. The summed E-state index contributed by atoms with van der Waals surface area (Å²) in [4.78, 5) is 4.28. The number of hydrogen-bond acceptors (Lipinski definition) is 4. The highest BCUT2D eigenvalue weighted by molar-refractivity contribution is 5.64. The van der Waals surface area contributed by atoms with Crippen LogP contribution in [0.1, 0.15) is 0 Å². The van der Waals surface area contributed by atoms with E-state index in [2.05, 4.69) is 4.98 Å². The topological polar surface area (TPSA) is 45.0 Å². The fourth-order valence-electron chi connectivity index (χ4n) is 2.35. The average molecular weight is 330 g/mol. The highest BCUT2D eigenvalue weighted by Gasteiger charge is 2.07. The van der Waals surface area contributed by atoms with Gasteiger partial charge in [0.15, 0.2) is 0 Å². The SMILES string of the molecule is COCCOCCOc1ccc(-c2cnc3ccc(F)cn23)cc1. The molecule has 3 aromatic rings. The van der Waals surface area contributed by atoms with Gasteiger partial charge in [0.2, 0.25) is 0 Å². The Bertz CT molecular complexity index is 787. The van der Waals surface area contributed by atoms with Crippen LogP contribution in [0, 0.1) is 5.82 Å². The van der Waals surface area contributed by atoms with E-state index in [0.29, 0.717) is 32.1 Å². The maximum absolute atomic E-state index is 13.4. The van der Waals surface area contributed by atoms with Crippen LogP contribution in [-0.2, 0) is 9.47 Å². The molecule has 0 saturated carbocycles. The Kier molecular flexibility index (Phi) is 5.40. The number of aromatic nitrogens is 2. The fraction of sp³-hybridized carbons (Fsp3) is 0.278.